The van der Waals surface area contributed by atoms with Crippen molar-refractivity contribution >= 4 is 25.6 Å². The van der Waals surface area contributed by atoms with E-state index in [0.29, 0.717) is 10.7 Å². The minimum absolute atomic E-state index is 0.639. The van der Waals surface area contributed by atoms with Crippen LogP contribution in [0.1, 0.15) is 20.8 Å². The number of hydrogen-bond donors (Lipinski definition) is 1. The summed E-state index contributed by atoms with van der Waals surface area (Å²) in [5.74, 6) is 0.793. The van der Waals surface area contributed by atoms with Gasteiger partial charge in [0, 0.05) is 5.02 Å². The number of rotatable bonds is 5. The molecule has 0 saturated carbocycles. The molecule has 0 aliphatic rings. The maximum Gasteiger partial charge on any atom is 0.250 e. The molecule has 16 heavy (non-hydrogen) atoms. The van der Waals surface area contributed by atoms with Crippen LogP contribution in [-0.4, -0.2) is 8.32 Å². The molecule has 0 saturated heterocycles. The van der Waals surface area contributed by atoms with Crippen molar-refractivity contribution in [1.82, 2.24) is 0 Å². The number of nitrogens with two attached hydrogens (primary N) is 1. The first kappa shape index (κ1) is 13.4. The molecule has 0 amide bonds. The van der Waals surface area contributed by atoms with Crippen molar-refractivity contribution in [1.29, 1.82) is 0 Å². The van der Waals surface area contributed by atoms with Gasteiger partial charge in [-0.2, -0.15) is 0 Å². The molecule has 0 bridgehead atoms. The van der Waals surface area contributed by atoms with Gasteiger partial charge in [-0.1, -0.05) is 32.4 Å². The first-order valence-electron chi connectivity index (χ1n) is 5.81. The molecule has 1 aromatic carbocycles. The lowest BCUT2D eigenvalue weighted by Crippen LogP contribution is -2.39. The van der Waals surface area contributed by atoms with Gasteiger partial charge in [0.2, 0.25) is 0 Å². The van der Waals surface area contributed by atoms with Crippen molar-refractivity contribution in [3.8, 4) is 5.75 Å². The zero-order valence-corrected chi connectivity index (χ0v) is 12.0. The second kappa shape index (κ2) is 5.59. The molecule has 0 heterocycles. The first-order valence-corrected chi connectivity index (χ1v) is 8.71. The van der Waals surface area contributed by atoms with E-state index in [1.165, 1.54) is 0 Å². The number of nitrogen functional groups attached to an aromatic ring is 1. The molecule has 90 valence electrons. The standard InChI is InChI=1S/C12H20ClNOSi/c1-4-16(5-2,6-3)15-12-8-7-10(13)9-11(12)14/h7-9H,4-6,14H2,1-3H3. The highest BCUT2D eigenvalue weighted by atomic mass is 35.5. The second-order valence-electron chi connectivity index (χ2n) is 4.03. The second-order valence-corrected chi connectivity index (χ2v) is 9.16. The van der Waals surface area contributed by atoms with Gasteiger partial charge in [-0.15, -0.1) is 0 Å². The van der Waals surface area contributed by atoms with Gasteiger partial charge >= 0.3 is 0 Å². The van der Waals surface area contributed by atoms with E-state index < -0.39 is 8.32 Å². The van der Waals surface area contributed by atoms with Crippen molar-refractivity contribution in [2.75, 3.05) is 5.73 Å². The Bertz CT molecular complexity index is 345. The van der Waals surface area contributed by atoms with Crippen LogP contribution in [0.5, 0.6) is 5.75 Å². The quantitative estimate of drug-likeness (QED) is 0.630. The topological polar surface area (TPSA) is 35.2 Å². The van der Waals surface area contributed by atoms with Crippen LogP contribution in [0.25, 0.3) is 0 Å². The molecule has 2 nitrogen and oxygen atoms in total. The predicted molar refractivity (Wildman–Crippen MR) is 73.7 cm³/mol. The van der Waals surface area contributed by atoms with Crippen molar-refractivity contribution in [3.05, 3.63) is 23.2 Å². The molecule has 0 aliphatic carbocycles. The van der Waals surface area contributed by atoms with Crippen molar-refractivity contribution in [2.45, 2.75) is 38.9 Å². The number of halogens is 1. The Kier molecular flexibility index (Phi) is 4.68. The largest absolute Gasteiger partial charge is 0.542 e. The van der Waals surface area contributed by atoms with Crippen LogP contribution in [0.2, 0.25) is 23.2 Å². The third-order valence-electron chi connectivity index (χ3n) is 3.23. The summed E-state index contributed by atoms with van der Waals surface area (Å²) in [4.78, 5) is 0. The Morgan fingerprint density at radius 3 is 2.19 bits per heavy atom. The van der Waals surface area contributed by atoms with Gasteiger partial charge in [0.05, 0.1) is 5.69 Å². The van der Waals surface area contributed by atoms with E-state index in [0.717, 1.165) is 23.9 Å². The van der Waals surface area contributed by atoms with Gasteiger partial charge in [-0.3, -0.25) is 0 Å². The molecular weight excluding hydrogens is 238 g/mol. The summed E-state index contributed by atoms with van der Waals surface area (Å²) in [7, 11) is -1.63. The molecule has 2 N–H and O–H groups in total. The molecule has 1 rings (SSSR count). The van der Waals surface area contributed by atoms with E-state index in [1.807, 2.05) is 12.1 Å². The monoisotopic (exact) mass is 257 g/mol. The maximum atomic E-state index is 6.19. The van der Waals surface area contributed by atoms with Crippen molar-refractivity contribution < 1.29 is 4.43 Å². The zero-order chi connectivity index (χ0) is 12.2. The smallest absolute Gasteiger partial charge is 0.250 e. The van der Waals surface area contributed by atoms with Crippen LogP contribution in [0.4, 0.5) is 5.69 Å². The van der Waals surface area contributed by atoms with E-state index >= 15 is 0 Å². The van der Waals surface area contributed by atoms with Gasteiger partial charge in [-0.05, 0) is 36.3 Å². The van der Waals surface area contributed by atoms with E-state index in [-0.39, 0.29) is 0 Å². The molecule has 0 fully saturated rings. The van der Waals surface area contributed by atoms with Crippen molar-refractivity contribution in [2.24, 2.45) is 0 Å². The third kappa shape index (κ3) is 2.92. The van der Waals surface area contributed by atoms with E-state index in [2.05, 4.69) is 20.8 Å². The predicted octanol–water partition coefficient (Wildman–Crippen LogP) is 4.31. The minimum Gasteiger partial charge on any atom is -0.542 e. The average Bonchev–Trinajstić information content (AvgIpc) is 2.29. The number of anilines is 1. The summed E-state index contributed by atoms with van der Waals surface area (Å²) in [6.07, 6.45) is 0. The third-order valence-corrected chi connectivity index (χ3v) is 7.99. The summed E-state index contributed by atoms with van der Waals surface area (Å²) in [6, 6.07) is 8.79. The maximum absolute atomic E-state index is 6.19. The van der Waals surface area contributed by atoms with Crippen LogP contribution in [-0.2, 0) is 0 Å². The Hall–Kier alpha value is -0.673. The Balaban J connectivity index is 2.93. The summed E-state index contributed by atoms with van der Waals surface area (Å²) < 4.78 is 6.19. The number of benzene rings is 1. The van der Waals surface area contributed by atoms with Crippen molar-refractivity contribution in [3.63, 3.8) is 0 Å². The van der Waals surface area contributed by atoms with Gasteiger partial charge in [0.15, 0.2) is 0 Å². The Morgan fingerprint density at radius 1 is 1.19 bits per heavy atom. The van der Waals surface area contributed by atoms with Crippen LogP contribution < -0.4 is 10.2 Å². The fourth-order valence-electron chi connectivity index (χ4n) is 1.81. The molecule has 0 spiro atoms. The summed E-state index contributed by atoms with van der Waals surface area (Å²) >= 11 is 5.87. The molecule has 0 aromatic heterocycles. The molecular formula is C12H20ClNOSi. The molecule has 0 aliphatic heterocycles. The Morgan fingerprint density at radius 2 is 1.75 bits per heavy atom. The van der Waals surface area contributed by atoms with Crippen LogP contribution in [0.3, 0.4) is 0 Å². The molecule has 0 radical (unpaired) electrons. The van der Waals surface area contributed by atoms with Crippen LogP contribution >= 0.6 is 11.6 Å². The molecule has 0 atom stereocenters. The fraction of sp³-hybridized carbons (Fsp3) is 0.500. The average molecular weight is 258 g/mol. The molecule has 4 heteroatoms. The van der Waals surface area contributed by atoms with E-state index in [4.69, 9.17) is 21.8 Å². The first-order chi connectivity index (χ1) is 7.56. The summed E-state index contributed by atoms with van der Waals surface area (Å²) in [5, 5.41) is 0.654. The van der Waals surface area contributed by atoms with Gasteiger partial charge in [-0.25, -0.2) is 0 Å². The highest BCUT2D eigenvalue weighted by molar-refractivity contribution is 6.74. The normalized spacial score (nSPS) is 11.5. The SMILES string of the molecule is CC[Si](CC)(CC)Oc1ccc(Cl)cc1N. The fourth-order valence-corrected chi connectivity index (χ4v) is 4.58. The lowest BCUT2D eigenvalue weighted by Gasteiger charge is -2.29. The Labute approximate surface area is 104 Å². The summed E-state index contributed by atoms with van der Waals surface area (Å²) in [5.41, 5.74) is 6.54. The minimum atomic E-state index is -1.63. The lowest BCUT2D eigenvalue weighted by atomic mass is 10.3. The zero-order valence-electron chi connectivity index (χ0n) is 10.2. The van der Waals surface area contributed by atoms with Gasteiger partial charge in [0.25, 0.3) is 8.32 Å². The van der Waals surface area contributed by atoms with Gasteiger partial charge in [0.1, 0.15) is 5.75 Å². The van der Waals surface area contributed by atoms with E-state index in [9.17, 15) is 0 Å². The van der Waals surface area contributed by atoms with Crippen LogP contribution in [0.15, 0.2) is 18.2 Å². The number of hydrogen-bond acceptors (Lipinski definition) is 2. The summed E-state index contributed by atoms with van der Waals surface area (Å²) in [6.45, 7) is 6.60. The lowest BCUT2D eigenvalue weighted by molar-refractivity contribution is 0.534. The van der Waals surface area contributed by atoms with E-state index in [1.54, 1.807) is 6.07 Å². The highest BCUT2D eigenvalue weighted by Gasteiger charge is 2.31. The van der Waals surface area contributed by atoms with Crippen LogP contribution in [0, 0.1) is 0 Å². The highest BCUT2D eigenvalue weighted by Crippen LogP contribution is 2.31. The molecule has 0 unspecified atom stereocenters. The van der Waals surface area contributed by atoms with Gasteiger partial charge < -0.3 is 10.2 Å². The molecule has 1 aromatic rings.